The van der Waals surface area contributed by atoms with E-state index in [1.807, 2.05) is 12.1 Å². The number of furan rings is 1. The number of rotatable bonds is 5. The van der Waals surface area contributed by atoms with Crippen LogP contribution in [-0.2, 0) is 11.3 Å². The highest BCUT2D eigenvalue weighted by molar-refractivity contribution is 5.71. The molecule has 0 radical (unpaired) electrons. The van der Waals surface area contributed by atoms with Gasteiger partial charge in [-0.2, -0.15) is 0 Å². The molecule has 2 aliphatic carbocycles. The highest BCUT2D eigenvalue weighted by Gasteiger charge is 2.41. The number of hydrogen-bond acceptors (Lipinski definition) is 3. The van der Waals surface area contributed by atoms with Gasteiger partial charge in [-0.25, -0.2) is 0 Å². The van der Waals surface area contributed by atoms with Gasteiger partial charge in [0.1, 0.15) is 5.76 Å². The van der Waals surface area contributed by atoms with Crippen LogP contribution in [0.2, 0.25) is 0 Å². The molecule has 19 heavy (non-hydrogen) atoms. The summed E-state index contributed by atoms with van der Waals surface area (Å²) in [7, 11) is 0. The molecule has 1 heterocycles. The van der Waals surface area contributed by atoms with Gasteiger partial charge in [-0.1, -0.05) is 12.8 Å². The summed E-state index contributed by atoms with van der Waals surface area (Å²) in [4.78, 5) is 13.9. The molecular weight excluding hydrogens is 242 g/mol. The highest BCUT2D eigenvalue weighted by atomic mass is 16.4. The van der Waals surface area contributed by atoms with Crippen LogP contribution in [0.3, 0.4) is 0 Å². The standard InChI is InChI=1S/C15H21NO3/c17-15(18)13-5-1-2-6-14(13)16(11-7-8-11)10-12-4-3-9-19-12/h3-4,9,11,13-14H,1-2,5-8,10H2,(H,17,18). The maximum absolute atomic E-state index is 11.5. The molecule has 2 saturated carbocycles. The van der Waals surface area contributed by atoms with Crippen LogP contribution < -0.4 is 0 Å². The fraction of sp³-hybridized carbons (Fsp3) is 0.667. The summed E-state index contributed by atoms with van der Waals surface area (Å²) in [5.74, 6) is 0.112. The fourth-order valence-electron chi connectivity index (χ4n) is 3.30. The normalized spacial score (nSPS) is 27.6. The minimum Gasteiger partial charge on any atom is -0.481 e. The molecule has 1 N–H and O–H groups in total. The molecule has 4 heteroatoms. The lowest BCUT2D eigenvalue weighted by molar-refractivity contribution is -0.146. The second-order valence-electron chi connectivity index (χ2n) is 5.78. The van der Waals surface area contributed by atoms with Gasteiger partial charge in [0.25, 0.3) is 0 Å². The summed E-state index contributed by atoms with van der Waals surface area (Å²) < 4.78 is 5.44. The Morgan fingerprint density at radius 1 is 1.32 bits per heavy atom. The molecule has 1 aromatic rings. The van der Waals surface area contributed by atoms with Crippen LogP contribution in [0.4, 0.5) is 0 Å². The van der Waals surface area contributed by atoms with Crippen molar-refractivity contribution in [3.63, 3.8) is 0 Å². The summed E-state index contributed by atoms with van der Waals surface area (Å²) >= 11 is 0. The van der Waals surface area contributed by atoms with Gasteiger partial charge in [0.05, 0.1) is 18.7 Å². The van der Waals surface area contributed by atoms with E-state index < -0.39 is 5.97 Å². The molecule has 2 fully saturated rings. The predicted molar refractivity (Wildman–Crippen MR) is 70.7 cm³/mol. The quantitative estimate of drug-likeness (QED) is 0.887. The third kappa shape index (κ3) is 2.84. The van der Waals surface area contributed by atoms with Crippen molar-refractivity contribution >= 4 is 5.97 Å². The monoisotopic (exact) mass is 263 g/mol. The zero-order valence-electron chi connectivity index (χ0n) is 11.1. The predicted octanol–water partition coefficient (Wildman–Crippen LogP) is 2.89. The second-order valence-corrected chi connectivity index (χ2v) is 5.78. The number of hydrogen-bond donors (Lipinski definition) is 1. The smallest absolute Gasteiger partial charge is 0.308 e. The molecule has 2 unspecified atom stereocenters. The molecule has 2 atom stereocenters. The van der Waals surface area contributed by atoms with E-state index in [0.717, 1.165) is 38.0 Å². The molecule has 2 aliphatic rings. The Kier molecular flexibility index (Phi) is 3.60. The van der Waals surface area contributed by atoms with Gasteiger partial charge in [-0.05, 0) is 37.8 Å². The van der Waals surface area contributed by atoms with Crippen LogP contribution in [0.15, 0.2) is 22.8 Å². The summed E-state index contributed by atoms with van der Waals surface area (Å²) in [5, 5.41) is 9.44. The van der Waals surface area contributed by atoms with Crippen molar-refractivity contribution in [1.29, 1.82) is 0 Å². The summed E-state index contributed by atoms with van der Waals surface area (Å²) in [6.07, 6.45) is 8.11. The zero-order chi connectivity index (χ0) is 13.2. The van der Waals surface area contributed by atoms with Crippen LogP contribution >= 0.6 is 0 Å². The maximum atomic E-state index is 11.5. The third-order valence-electron chi connectivity index (χ3n) is 4.41. The largest absolute Gasteiger partial charge is 0.481 e. The maximum Gasteiger partial charge on any atom is 0.308 e. The highest BCUT2D eigenvalue weighted by Crippen LogP contribution is 2.37. The molecule has 0 amide bonds. The molecule has 0 aromatic carbocycles. The summed E-state index contributed by atoms with van der Waals surface area (Å²) in [5.41, 5.74) is 0. The van der Waals surface area contributed by atoms with E-state index in [0.29, 0.717) is 6.04 Å². The molecule has 0 saturated heterocycles. The van der Waals surface area contributed by atoms with Crippen molar-refractivity contribution in [3.05, 3.63) is 24.2 Å². The number of carboxylic acids is 1. The average molecular weight is 263 g/mol. The number of nitrogens with zero attached hydrogens (tertiary/aromatic N) is 1. The molecule has 104 valence electrons. The van der Waals surface area contributed by atoms with E-state index in [-0.39, 0.29) is 12.0 Å². The zero-order valence-corrected chi connectivity index (χ0v) is 11.1. The van der Waals surface area contributed by atoms with Crippen molar-refractivity contribution in [2.45, 2.75) is 57.2 Å². The Morgan fingerprint density at radius 2 is 2.11 bits per heavy atom. The van der Waals surface area contributed by atoms with E-state index in [4.69, 9.17) is 4.42 Å². The first-order valence-electron chi connectivity index (χ1n) is 7.26. The first-order valence-corrected chi connectivity index (χ1v) is 7.26. The van der Waals surface area contributed by atoms with Crippen molar-refractivity contribution in [3.8, 4) is 0 Å². The molecule has 4 nitrogen and oxygen atoms in total. The van der Waals surface area contributed by atoms with Crippen molar-refractivity contribution in [2.24, 2.45) is 5.92 Å². The summed E-state index contributed by atoms with van der Waals surface area (Å²) in [6, 6.07) is 4.63. The minimum absolute atomic E-state index is 0.184. The van der Waals surface area contributed by atoms with Gasteiger partial charge in [-0.3, -0.25) is 9.69 Å². The van der Waals surface area contributed by atoms with E-state index in [9.17, 15) is 9.90 Å². The van der Waals surface area contributed by atoms with Crippen LogP contribution in [0.25, 0.3) is 0 Å². The fourth-order valence-corrected chi connectivity index (χ4v) is 3.30. The van der Waals surface area contributed by atoms with E-state index in [1.165, 1.54) is 12.8 Å². The molecular formula is C15H21NO3. The lowest BCUT2D eigenvalue weighted by Crippen LogP contribution is -2.46. The Bertz CT molecular complexity index is 425. The van der Waals surface area contributed by atoms with Crippen LogP contribution in [-0.4, -0.2) is 28.1 Å². The Morgan fingerprint density at radius 3 is 2.74 bits per heavy atom. The number of aliphatic carboxylic acids is 1. The molecule has 1 aromatic heterocycles. The molecule has 3 rings (SSSR count). The first-order chi connectivity index (χ1) is 9.25. The van der Waals surface area contributed by atoms with E-state index >= 15 is 0 Å². The van der Waals surface area contributed by atoms with Crippen molar-refractivity contribution < 1.29 is 14.3 Å². The SMILES string of the molecule is O=C(O)C1CCCCC1N(Cc1ccco1)C1CC1. The minimum atomic E-state index is -0.630. The molecule has 0 spiro atoms. The average Bonchev–Trinajstić information content (AvgIpc) is 3.13. The topological polar surface area (TPSA) is 53.7 Å². The van der Waals surface area contributed by atoms with Crippen LogP contribution in [0.5, 0.6) is 0 Å². The van der Waals surface area contributed by atoms with E-state index in [2.05, 4.69) is 4.90 Å². The third-order valence-corrected chi connectivity index (χ3v) is 4.41. The van der Waals surface area contributed by atoms with E-state index in [1.54, 1.807) is 6.26 Å². The molecule has 0 aliphatic heterocycles. The second kappa shape index (κ2) is 5.37. The van der Waals surface area contributed by atoms with Gasteiger partial charge < -0.3 is 9.52 Å². The van der Waals surface area contributed by atoms with Crippen LogP contribution in [0.1, 0.15) is 44.3 Å². The van der Waals surface area contributed by atoms with Crippen molar-refractivity contribution in [2.75, 3.05) is 0 Å². The van der Waals surface area contributed by atoms with Gasteiger partial charge in [0, 0.05) is 12.1 Å². The lowest BCUT2D eigenvalue weighted by Gasteiger charge is -2.38. The number of carboxylic acid groups (broad SMARTS) is 1. The first kappa shape index (κ1) is 12.7. The summed E-state index contributed by atoms with van der Waals surface area (Å²) in [6.45, 7) is 0.756. The van der Waals surface area contributed by atoms with Gasteiger partial charge in [0.2, 0.25) is 0 Å². The number of carbonyl (C=O) groups is 1. The van der Waals surface area contributed by atoms with Crippen LogP contribution in [0, 0.1) is 5.92 Å². The van der Waals surface area contributed by atoms with Gasteiger partial charge >= 0.3 is 5.97 Å². The van der Waals surface area contributed by atoms with Gasteiger partial charge in [0.15, 0.2) is 0 Å². The molecule has 0 bridgehead atoms. The van der Waals surface area contributed by atoms with Crippen molar-refractivity contribution in [1.82, 2.24) is 4.90 Å². The lowest BCUT2D eigenvalue weighted by atomic mass is 9.83. The van der Waals surface area contributed by atoms with Gasteiger partial charge in [-0.15, -0.1) is 0 Å². The Labute approximate surface area is 113 Å². The Balaban J connectivity index is 1.76. The Hall–Kier alpha value is -1.29.